The van der Waals surface area contributed by atoms with Crippen LogP contribution in [0.25, 0.3) is 0 Å². The average Bonchev–Trinajstić information content (AvgIpc) is 3.67. The number of hydrogen-bond donors (Lipinski definition) is 5. The Labute approximate surface area is 308 Å². The van der Waals surface area contributed by atoms with Crippen molar-refractivity contribution in [1.82, 2.24) is 5.32 Å². The number of ether oxygens (including phenoxy) is 2. The Morgan fingerprint density at radius 3 is 2.32 bits per heavy atom. The van der Waals surface area contributed by atoms with E-state index in [1.54, 1.807) is 12.1 Å². The number of halogens is 1. The number of aromatic hydroxyl groups is 1. The Balaban J connectivity index is 0.00000486. The van der Waals surface area contributed by atoms with Crippen LogP contribution in [-0.4, -0.2) is 82.5 Å². The molecule has 8 nitrogen and oxygen atoms in total. The summed E-state index contributed by atoms with van der Waals surface area (Å²) in [6.07, 6.45) is 7.05. The van der Waals surface area contributed by atoms with Crippen molar-refractivity contribution >= 4 is 0 Å². The molecule has 2 bridgehead atoms. The normalized spacial score (nSPS) is 24.0. The lowest BCUT2D eigenvalue weighted by molar-refractivity contribution is -0.946. The minimum Gasteiger partial charge on any atom is -1.00 e. The van der Waals surface area contributed by atoms with Gasteiger partial charge in [-0.25, -0.2) is 0 Å². The van der Waals surface area contributed by atoms with Crippen LogP contribution in [0.1, 0.15) is 80.7 Å². The molecule has 1 aliphatic carbocycles. The summed E-state index contributed by atoms with van der Waals surface area (Å²) in [5.74, 6) is 1.73. The number of fused-ring (bicyclic) bond motifs is 3. The number of nitrogens with one attached hydrogen (secondary N) is 1. The van der Waals surface area contributed by atoms with E-state index < -0.39 is 11.7 Å². The van der Waals surface area contributed by atoms with Crippen molar-refractivity contribution in [2.75, 3.05) is 45.9 Å². The summed E-state index contributed by atoms with van der Waals surface area (Å²) in [5.41, 5.74) is 2.05. The molecule has 0 radical (unpaired) electrons. The maximum absolute atomic E-state index is 12.0. The standard InChI is InChI=1S/C41H56N2O6.BrH/c1-40(2,42-26-38(46)32-14-17-37(45)33(24-32)28-44)25-30-12-15-36(16-13-30)48-23-22-43-20-18-31(19-21-43)39(27-43)49-29-41(47,35-10-6-7-11-35)34-8-4-3-5-9-34;/h3-5,8-9,12-17,24,31,35,38-39,42,44,46-47H,6-7,10-11,18-23,25-29H2,1-2H3;1H/t31?,38-,39-,41+,43?;/m0./s1. The van der Waals surface area contributed by atoms with Crippen molar-refractivity contribution in [3.05, 3.63) is 95.1 Å². The maximum Gasteiger partial charge on any atom is 0.137 e. The number of β-amino-alcohol motifs (C(OH)–C–C–N with tert-alkyl or cyclic N) is 1. The number of benzene rings is 3. The van der Waals surface area contributed by atoms with Crippen molar-refractivity contribution in [3.63, 3.8) is 0 Å². The van der Waals surface area contributed by atoms with E-state index in [0.717, 1.165) is 48.1 Å². The molecule has 0 amide bonds. The lowest BCUT2D eigenvalue weighted by atomic mass is 9.80. The number of aliphatic hydroxyl groups excluding tert-OH is 2. The summed E-state index contributed by atoms with van der Waals surface area (Å²) in [6, 6.07) is 23.4. The van der Waals surface area contributed by atoms with E-state index in [-0.39, 0.29) is 46.9 Å². The summed E-state index contributed by atoms with van der Waals surface area (Å²) < 4.78 is 14.0. The van der Waals surface area contributed by atoms with Crippen molar-refractivity contribution in [1.29, 1.82) is 0 Å². The third-order valence-electron chi connectivity index (χ3n) is 11.7. The zero-order valence-corrected chi connectivity index (χ0v) is 31.4. The molecule has 3 atom stereocenters. The van der Waals surface area contributed by atoms with E-state index >= 15 is 0 Å². The van der Waals surface area contributed by atoms with Crippen molar-refractivity contribution in [3.8, 4) is 11.5 Å². The van der Waals surface area contributed by atoms with Gasteiger partial charge < -0.3 is 56.7 Å². The van der Waals surface area contributed by atoms with Crippen molar-refractivity contribution < 1.29 is 51.4 Å². The van der Waals surface area contributed by atoms with Crippen LogP contribution < -0.4 is 27.0 Å². The molecule has 5 N–H and O–H groups in total. The van der Waals surface area contributed by atoms with E-state index in [0.29, 0.717) is 36.8 Å². The minimum absolute atomic E-state index is 0. The van der Waals surface area contributed by atoms with E-state index in [4.69, 9.17) is 9.47 Å². The number of rotatable bonds is 16. The molecule has 1 saturated carbocycles. The molecule has 3 aromatic rings. The topological polar surface area (TPSA) is 111 Å². The first kappa shape index (κ1) is 38.7. The first-order chi connectivity index (χ1) is 23.6. The maximum atomic E-state index is 12.0. The molecule has 4 aliphatic rings. The van der Waals surface area contributed by atoms with Crippen LogP contribution >= 0.6 is 0 Å². The number of hydrogen-bond acceptors (Lipinski definition) is 7. The first-order valence-electron chi connectivity index (χ1n) is 18.4. The SMILES string of the molecule is CC(C)(Cc1ccc(OCC[N+]23CCC(CC2)[C@@H](OC[C@@](O)(c2ccccc2)C2CCCC2)C3)cc1)NC[C@H](O)c1ccc(O)c(CO)c1.[Br-]. The highest BCUT2D eigenvalue weighted by Crippen LogP contribution is 2.42. The van der Waals surface area contributed by atoms with Crippen LogP contribution in [-0.2, 0) is 23.4 Å². The Bertz CT molecular complexity index is 1490. The van der Waals surface area contributed by atoms with E-state index in [1.807, 2.05) is 18.2 Å². The fourth-order valence-corrected chi connectivity index (χ4v) is 8.59. The predicted octanol–water partition coefficient (Wildman–Crippen LogP) is 2.62. The second-order valence-corrected chi connectivity index (χ2v) is 15.6. The molecule has 4 fully saturated rings. The van der Waals surface area contributed by atoms with Crippen LogP contribution in [0.5, 0.6) is 11.5 Å². The van der Waals surface area contributed by atoms with Crippen LogP contribution in [0.4, 0.5) is 0 Å². The molecule has 3 heterocycles. The minimum atomic E-state index is -0.921. The first-order valence-corrected chi connectivity index (χ1v) is 18.4. The highest BCUT2D eigenvalue weighted by atomic mass is 79.9. The van der Waals surface area contributed by atoms with Gasteiger partial charge in [0.2, 0.25) is 0 Å². The molecule has 0 aromatic heterocycles. The zero-order chi connectivity index (χ0) is 34.5. The fraction of sp³-hybridized carbons (Fsp3) is 0.561. The average molecular weight is 754 g/mol. The summed E-state index contributed by atoms with van der Waals surface area (Å²) in [5, 5.41) is 45.5. The number of nitrogens with zero attached hydrogens (tertiary/aromatic N) is 1. The fourth-order valence-electron chi connectivity index (χ4n) is 8.59. The van der Waals surface area contributed by atoms with Crippen LogP contribution in [0.2, 0.25) is 0 Å². The van der Waals surface area contributed by atoms with Crippen molar-refractivity contribution in [2.24, 2.45) is 11.8 Å². The molecule has 50 heavy (non-hydrogen) atoms. The number of phenols is 1. The predicted molar refractivity (Wildman–Crippen MR) is 191 cm³/mol. The Morgan fingerprint density at radius 2 is 1.64 bits per heavy atom. The van der Waals surface area contributed by atoms with E-state index in [1.165, 1.54) is 50.4 Å². The van der Waals surface area contributed by atoms with E-state index in [9.17, 15) is 20.4 Å². The molecule has 0 unspecified atom stereocenters. The largest absolute Gasteiger partial charge is 1.00 e. The van der Waals surface area contributed by atoms with Crippen molar-refractivity contribution in [2.45, 2.75) is 88.7 Å². The third-order valence-corrected chi connectivity index (χ3v) is 11.7. The highest BCUT2D eigenvalue weighted by Gasteiger charge is 2.48. The molecule has 0 spiro atoms. The summed E-state index contributed by atoms with van der Waals surface area (Å²) in [4.78, 5) is 0. The lowest BCUT2D eigenvalue weighted by Crippen LogP contribution is -3.00. The van der Waals surface area contributed by atoms with Gasteiger partial charge in [0.25, 0.3) is 0 Å². The molecule has 9 heteroatoms. The zero-order valence-electron chi connectivity index (χ0n) is 29.8. The Morgan fingerprint density at radius 1 is 0.940 bits per heavy atom. The van der Waals surface area contributed by atoms with Gasteiger partial charge in [-0.15, -0.1) is 0 Å². The summed E-state index contributed by atoms with van der Waals surface area (Å²) >= 11 is 0. The third kappa shape index (κ3) is 9.29. The molecule has 274 valence electrons. The van der Waals surface area contributed by atoms with Gasteiger partial charge in [-0.3, -0.25) is 0 Å². The van der Waals surface area contributed by atoms with Crippen LogP contribution in [0.15, 0.2) is 72.8 Å². The van der Waals surface area contributed by atoms with Gasteiger partial charge in [0.1, 0.15) is 42.9 Å². The van der Waals surface area contributed by atoms with Gasteiger partial charge in [-0.2, -0.15) is 0 Å². The molecule has 3 aromatic carbocycles. The summed E-state index contributed by atoms with van der Waals surface area (Å²) in [6.45, 7) is 9.64. The number of quaternary nitrogens is 1. The summed E-state index contributed by atoms with van der Waals surface area (Å²) in [7, 11) is 0. The van der Waals surface area contributed by atoms with E-state index in [2.05, 4.69) is 55.6 Å². The van der Waals surface area contributed by atoms with Gasteiger partial charge in [-0.1, -0.05) is 61.4 Å². The molecule has 3 aliphatic heterocycles. The molecule has 3 saturated heterocycles. The molecular weight excluding hydrogens is 696 g/mol. The smallest absolute Gasteiger partial charge is 0.137 e. The Hall–Kier alpha value is -2.50. The van der Waals surface area contributed by atoms with Gasteiger partial charge in [0, 0.05) is 36.4 Å². The monoisotopic (exact) mass is 752 g/mol. The van der Waals surface area contributed by atoms with Gasteiger partial charge >= 0.3 is 0 Å². The second-order valence-electron chi connectivity index (χ2n) is 15.6. The van der Waals surface area contributed by atoms with Gasteiger partial charge in [-0.05, 0) is 80.0 Å². The van der Waals surface area contributed by atoms with Gasteiger partial charge in [0.15, 0.2) is 0 Å². The quantitative estimate of drug-likeness (QED) is 0.143. The number of aliphatic hydroxyl groups is 3. The lowest BCUT2D eigenvalue weighted by Gasteiger charge is -2.52. The Kier molecular flexibility index (Phi) is 13.1. The van der Waals surface area contributed by atoms with Crippen LogP contribution in [0.3, 0.4) is 0 Å². The van der Waals surface area contributed by atoms with Gasteiger partial charge in [0.05, 0.1) is 32.4 Å². The highest BCUT2D eigenvalue weighted by molar-refractivity contribution is 5.36. The molecular formula is C41H57BrN2O6. The van der Waals surface area contributed by atoms with Crippen LogP contribution in [0, 0.1) is 11.8 Å². The second kappa shape index (κ2) is 16.9. The molecule has 7 rings (SSSR count). The number of piperidine rings is 3.